The van der Waals surface area contributed by atoms with Crippen molar-refractivity contribution in [3.05, 3.63) is 6.33 Å². The van der Waals surface area contributed by atoms with Crippen LogP contribution in [0.1, 0.15) is 47.5 Å². The van der Waals surface area contributed by atoms with E-state index >= 15 is 0 Å². The number of anilines is 2. The molecule has 3 rings (SSSR count). The minimum Gasteiger partial charge on any atom is -0.367 e. The molecule has 1 aliphatic rings. The maximum absolute atomic E-state index is 11.9. The van der Waals surface area contributed by atoms with Crippen LogP contribution in [0.25, 0.3) is 11.2 Å². The highest BCUT2D eigenvalue weighted by molar-refractivity contribution is 5.84. The van der Waals surface area contributed by atoms with Gasteiger partial charge in [0, 0.05) is 57.8 Å². The van der Waals surface area contributed by atoms with E-state index in [1.807, 2.05) is 16.4 Å². The third-order valence-corrected chi connectivity index (χ3v) is 5.57. The number of hydrogen-bond acceptors (Lipinski definition) is 7. The second kappa shape index (κ2) is 10.1. The summed E-state index contributed by atoms with van der Waals surface area (Å²) in [5.41, 5.74) is 1.56. The molecule has 0 spiro atoms. The summed E-state index contributed by atoms with van der Waals surface area (Å²) in [5, 5.41) is 6.69. The highest BCUT2D eigenvalue weighted by atomic mass is 16.2. The molecule has 166 valence electrons. The van der Waals surface area contributed by atoms with Crippen molar-refractivity contribution >= 4 is 28.8 Å². The van der Waals surface area contributed by atoms with Crippen LogP contribution in [-0.4, -0.2) is 80.0 Å². The van der Waals surface area contributed by atoms with Gasteiger partial charge in [-0.15, -0.1) is 0 Å². The molecule has 1 fully saturated rings. The molecule has 0 unspecified atom stereocenters. The van der Waals surface area contributed by atoms with Crippen LogP contribution in [0.3, 0.4) is 0 Å². The Labute approximate surface area is 179 Å². The molecule has 0 atom stereocenters. The maximum atomic E-state index is 11.9. The second-order valence-electron chi connectivity index (χ2n) is 8.37. The first-order valence-corrected chi connectivity index (χ1v) is 11.1. The molecule has 1 aliphatic heterocycles. The monoisotopic (exact) mass is 416 g/mol. The van der Waals surface area contributed by atoms with Crippen molar-refractivity contribution < 1.29 is 4.79 Å². The lowest BCUT2D eigenvalue weighted by Crippen LogP contribution is -2.40. The Balaban J connectivity index is 1.76. The Morgan fingerprint density at radius 3 is 2.53 bits per heavy atom. The number of aromatic nitrogens is 4. The van der Waals surface area contributed by atoms with Gasteiger partial charge in [-0.1, -0.05) is 0 Å². The van der Waals surface area contributed by atoms with Gasteiger partial charge in [0.25, 0.3) is 0 Å². The van der Waals surface area contributed by atoms with Gasteiger partial charge in [0.15, 0.2) is 17.0 Å². The number of amides is 1. The summed E-state index contributed by atoms with van der Waals surface area (Å²) in [6.07, 6.45) is 3.42. The topological polar surface area (TPSA) is 91.2 Å². The van der Waals surface area contributed by atoms with E-state index in [-0.39, 0.29) is 5.91 Å². The molecule has 0 aromatic carbocycles. The summed E-state index contributed by atoms with van der Waals surface area (Å²) in [6, 6.07) is 0.976. The summed E-state index contributed by atoms with van der Waals surface area (Å²) >= 11 is 0. The molecular weight excluding hydrogens is 380 g/mol. The Kier molecular flexibility index (Phi) is 7.47. The molecule has 1 amide bonds. The van der Waals surface area contributed by atoms with Gasteiger partial charge in [0.1, 0.15) is 0 Å². The van der Waals surface area contributed by atoms with Gasteiger partial charge < -0.3 is 20.1 Å². The molecule has 2 N–H and O–H groups in total. The van der Waals surface area contributed by atoms with Crippen LogP contribution in [0.4, 0.5) is 11.8 Å². The fraction of sp³-hybridized carbons (Fsp3) is 0.714. The summed E-state index contributed by atoms with van der Waals surface area (Å²) < 4.78 is 2.02. The van der Waals surface area contributed by atoms with Crippen LogP contribution in [0.15, 0.2) is 6.33 Å². The van der Waals surface area contributed by atoms with Crippen LogP contribution in [0.5, 0.6) is 0 Å². The number of hydrogen-bond donors (Lipinski definition) is 2. The standard InChI is InChI=1S/C21H36N8O/c1-6-22-21-25-19(23-9-11-29(15(2)3)16(4)5)18-20(26-21)28(14-24-18)13-12-27-10-7-8-17(27)30/h14-16H,6-13H2,1-5H3,(H2,22,23,25,26). The zero-order valence-corrected chi connectivity index (χ0v) is 19.0. The van der Waals surface area contributed by atoms with E-state index < -0.39 is 0 Å². The average Bonchev–Trinajstić information content (AvgIpc) is 3.29. The zero-order chi connectivity index (χ0) is 21.7. The van der Waals surface area contributed by atoms with Crippen molar-refractivity contribution in [2.75, 3.05) is 43.4 Å². The Morgan fingerprint density at radius 2 is 1.90 bits per heavy atom. The van der Waals surface area contributed by atoms with E-state index in [1.165, 1.54) is 0 Å². The number of imidazole rings is 1. The highest BCUT2D eigenvalue weighted by Gasteiger charge is 2.21. The minimum atomic E-state index is 0.240. The number of likely N-dealkylation sites (tertiary alicyclic amines) is 1. The predicted molar refractivity (Wildman–Crippen MR) is 121 cm³/mol. The summed E-state index contributed by atoms with van der Waals surface area (Å²) in [7, 11) is 0. The first-order chi connectivity index (χ1) is 14.4. The lowest BCUT2D eigenvalue weighted by atomic mass is 10.2. The third kappa shape index (κ3) is 5.19. The van der Waals surface area contributed by atoms with E-state index in [1.54, 1.807) is 6.33 Å². The van der Waals surface area contributed by atoms with Crippen LogP contribution in [0.2, 0.25) is 0 Å². The van der Waals surface area contributed by atoms with Gasteiger partial charge in [0.2, 0.25) is 11.9 Å². The minimum absolute atomic E-state index is 0.240. The molecule has 9 heteroatoms. The quantitative estimate of drug-likeness (QED) is 0.581. The van der Waals surface area contributed by atoms with Crippen LogP contribution >= 0.6 is 0 Å². The molecule has 2 aromatic heterocycles. The first-order valence-electron chi connectivity index (χ1n) is 11.1. The summed E-state index contributed by atoms with van der Waals surface area (Å²) in [4.78, 5) is 30.2. The molecule has 2 aromatic rings. The van der Waals surface area contributed by atoms with Gasteiger partial charge >= 0.3 is 0 Å². The van der Waals surface area contributed by atoms with Crippen molar-refractivity contribution in [3.8, 4) is 0 Å². The second-order valence-corrected chi connectivity index (χ2v) is 8.37. The molecule has 30 heavy (non-hydrogen) atoms. The lowest BCUT2D eigenvalue weighted by Gasteiger charge is -2.30. The van der Waals surface area contributed by atoms with E-state index in [2.05, 4.69) is 58.2 Å². The Morgan fingerprint density at radius 1 is 1.13 bits per heavy atom. The Bertz CT molecular complexity index is 839. The van der Waals surface area contributed by atoms with E-state index in [9.17, 15) is 4.79 Å². The number of rotatable bonds is 11. The van der Waals surface area contributed by atoms with Crippen molar-refractivity contribution in [1.29, 1.82) is 0 Å². The zero-order valence-electron chi connectivity index (χ0n) is 19.0. The first kappa shape index (κ1) is 22.3. The van der Waals surface area contributed by atoms with E-state index in [4.69, 9.17) is 0 Å². The predicted octanol–water partition coefficient (Wildman–Crippen LogP) is 2.41. The van der Waals surface area contributed by atoms with Gasteiger partial charge in [-0.25, -0.2) is 4.98 Å². The fourth-order valence-electron chi connectivity index (χ4n) is 4.05. The number of carbonyl (C=O) groups is 1. The summed E-state index contributed by atoms with van der Waals surface area (Å²) in [5.74, 6) is 1.58. The molecule has 9 nitrogen and oxygen atoms in total. The fourth-order valence-corrected chi connectivity index (χ4v) is 4.05. The molecule has 3 heterocycles. The Hall–Kier alpha value is -2.42. The largest absolute Gasteiger partial charge is 0.367 e. The van der Waals surface area contributed by atoms with E-state index in [0.717, 1.165) is 49.6 Å². The number of fused-ring (bicyclic) bond motifs is 1. The number of carbonyl (C=O) groups excluding carboxylic acids is 1. The molecule has 0 aliphatic carbocycles. The van der Waals surface area contributed by atoms with Crippen molar-refractivity contribution in [2.24, 2.45) is 0 Å². The van der Waals surface area contributed by atoms with Gasteiger partial charge in [-0.05, 0) is 41.0 Å². The molecule has 0 radical (unpaired) electrons. The molecule has 1 saturated heterocycles. The van der Waals surface area contributed by atoms with Crippen LogP contribution in [0, 0.1) is 0 Å². The van der Waals surface area contributed by atoms with Gasteiger partial charge in [-0.2, -0.15) is 9.97 Å². The van der Waals surface area contributed by atoms with Crippen molar-refractivity contribution in [2.45, 2.75) is 66.1 Å². The van der Waals surface area contributed by atoms with Gasteiger partial charge in [0.05, 0.1) is 6.33 Å². The lowest BCUT2D eigenvalue weighted by molar-refractivity contribution is -0.127. The van der Waals surface area contributed by atoms with Crippen LogP contribution < -0.4 is 10.6 Å². The molecule has 0 saturated carbocycles. The normalized spacial score (nSPS) is 14.7. The average molecular weight is 417 g/mol. The molecular formula is C21H36N8O. The van der Waals surface area contributed by atoms with Crippen molar-refractivity contribution in [1.82, 2.24) is 29.3 Å². The van der Waals surface area contributed by atoms with Gasteiger partial charge in [-0.3, -0.25) is 9.69 Å². The highest BCUT2D eigenvalue weighted by Crippen LogP contribution is 2.21. The molecule has 0 bridgehead atoms. The van der Waals surface area contributed by atoms with Crippen molar-refractivity contribution in [3.63, 3.8) is 0 Å². The maximum Gasteiger partial charge on any atom is 0.226 e. The van der Waals surface area contributed by atoms with E-state index in [0.29, 0.717) is 37.5 Å². The van der Waals surface area contributed by atoms with Crippen LogP contribution in [-0.2, 0) is 11.3 Å². The number of nitrogens with zero attached hydrogens (tertiary/aromatic N) is 6. The number of nitrogens with one attached hydrogen (secondary N) is 2. The SMILES string of the molecule is CCNc1nc(NCCN(C(C)C)C(C)C)c2ncn(CCN3CCCC3=O)c2n1. The summed E-state index contributed by atoms with van der Waals surface area (Å²) in [6.45, 7) is 15.6. The smallest absolute Gasteiger partial charge is 0.226 e. The third-order valence-electron chi connectivity index (χ3n) is 5.57.